The number of hydrogen-bond acceptors (Lipinski definition) is 7. The molecule has 0 aliphatic heterocycles. The van der Waals surface area contributed by atoms with Gasteiger partial charge in [-0.3, -0.25) is 0 Å². The summed E-state index contributed by atoms with van der Waals surface area (Å²) in [6, 6.07) is 12.1. The highest BCUT2D eigenvalue weighted by Crippen LogP contribution is 2.29. The van der Waals surface area contributed by atoms with Crippen molar-refractivity contribution < 1.29 is 26.7 Å². The third kappa shape index (κ3) is 5.69. The van der Waals surface area contributed by atoms with Crippen molar-refractivity contribution in [3.8, 4) is 17.2 Å². The van der Waals surface area contributed by atoms with Crippen LogP contribution in [0.15, 0.2) is 82.3 Å². The molecule has 3 heterocycles. The summed E-state index contributed by atoms with van der Waals surface area (Å²) in [6.45, 7) is 0.641. The molecule has 0 bridgehead atoms. The molecule has 11 heteroatoms. The van der Waals surface area contributed by atoms with E-state index >= 15 is 0 Å². The summed E-state index contributed by atoms with van der Waals surface area (Å²) in [5, 5.41) is 7.67. The van der Waals surface area contributed by atoms with E-state index in [4.69, 9.17) is 13.6 Å². The molecule has 0 aliphatic rings. The van der Waals surface area contributed by atoms with Crippen molar-refractivity contribution in [2.75, 3.05) is 0 Å². The van der Waals surface area contributed by atoms with Crippen molar-refractivity contribution in [3.05, 3.63) is 102 Å². The number of halogens is 3. The van der Waals surface area contributed by atoms with Gasteiger partial charge in [0.1, 0.15) is 36.3 Å². The lowest BCUT2D eigenvalue weighted by atomic mass is 10.1. The number of ether oxygens (including phenoxy) is 1. The van der Waals surface area contributed by atoms with Gasteiger partial charge in [0.25, 0.3) is 0 Å². The highest BCUT2D eigenvalue weighted by atomic mass is 19.4. The molecule has 0 spiro atoms. The van der Waals surface area contributed by atoms with Crippen LogP contribution in [0.5, 0.6) is 5.75 Å². The van der Waals surface area contributed by atoms with Crippen LogP contribution in [-0.2, 0) is 19.3 Å². The van der Waals surface area contributed by atoms with E-state index in [0.717, 1.165) is 23.4 Å². The summed E-state index contributed by atoms with van der Waals surface area (Å²) in [5.41, 5.74) is 1.98. The standard InChI is InChI=1S/C25H18F3N5O3/c26-25(27,28)19-6-1-17(2-7-19)3-10-23-30-21(16-35-23)15-34-22-8-4-18(5-9-22)24-31-20(14-36-24)13-33-12-11-29-32-33/h1-12,14,16H,13,15H2. The summed E-state index contributed by atoms with van der Waals surface area (Å²) < 4.78 is 56.3. The SMILES string of the molecule is FC(F)(F)c1ccc(C=Cc2nc(COc3ccc(-c4nc(Cn5ccnn5)co4)cc3)co2)cc1. The Morgan fingerprint density at radius 3 is 2.39 bits per heavy atom. The molecule has 5 aromatic rings. The Kier molecular flexibility index (Phi) is 6.35. The van der Waals surface area contributed by atoms with E-state index in [9.17, 15) is 13.2 Å². The number of hydrogen-bond donors (Lipinski definition) is 0. The molecule has 0 N–H and O–H groups in total. The molecular weight excluding hydrogens is 475 g/mol. The van der Waals surface area contributed by atoms with Crippen LogP contribution in [0.25, 0.3) is 23.6 Å². The zero-order valence-electron chi connectivity index (χ0n) is 18.6. The fourth-order valence-corrected chi connectivity index (χ4v) is 3.26. The van der Waals surface area contributed by atoms with Crippen molar-refractivity contribution in [1.29, 1.82) is 0 Å². The zero-order valence-corrected chi connectivity index (χ0v) is 18.6. The Morgan fingerprint density at radius 2 is 1.67 bits per heavy atom. The van der Waals surface area contributed by atoms with Gasteiger partial charge in [0, 0.05) is 17.8 Å². The van der Waals surface area contributed by atoms with Crippen LogP contribution >= 0.6 is 0 Å². The van der Waals surface area contributed by atoms with Gasteiger partial charge in [0.05, 0.1) is 18.3 Å². The molecular formula is C25H18F3N5O3. The first-order valence-electron chi connectivity index (χ1n) is 10.7. The van der Waals surface area contributed by atoms with Crippen molar-refractivity contribution in [3.63, 3.8) is 0 Å². The number of nitrogens with zero attached hydrogens (tertiary/aromatic N) is 5. The van der Waals surface area contributed by atoms with E-state index in [-0.39, 0.29) is 6.61 Å². The summed E-state index contributed by atoms with van der Waals surface area (Å²) >= 11 is 0. The van der Waals surface area contributed by atoms with Crippen LogP contribution in [0.1, 0.15) is 28.4 Å². The highest BCUT2D eigenvalue weighted by molar-refractivity contribution is 5.66. The maximum absolute atomic E-state index is 12.7. The summed E-state index contributed by atoms with van der Waals surface area (Å²) in [7, 11) is 0. The quantitative estimate of drug-likeness (QED) is 0.272. The average molecular weight is 493 g/mol. The predicted octanol–water partition coefficient (Wildman–Crippen LogP) is 5.74. The van der Waals surface area contributed by atoms with Gasteiger partial charge in [-0.2, -0.15) is 13.2 Å². The second-order valence-corrected chi connectivity index (χ2v) is 7.69. The van der Waals surface area contributed by atoms with Gasteiger partial charge in [-0.25, -0.2) is 14.6 Å². The molecule has 36 heavy (non-hydrogen) atoms. The Balaban J connectivity index is 1.14. The van der Waals surface area contributed by atoms with Gasteiger partial charge in [-0.1, -0.05) is 17.3 Å². The van der Waals surface area contributed by atoms with E-state index in [2.05, 4.69) is 20.3 Å². The molecule has 0 aliphatic carbocycles. The minimum absolute atomic E-state index is 0.179. The van der Waals surface area contributed by atoms with Crippen molar-refractivity contribution in [2.24, 2.45) is 0 Å². The first kappa shape index (κ1) is 23.1. The van der Waals surface area contributed by atoms with Gasteiger partial charge >= 0.3 is 6.18 Å². The molecule has 2 aromatic carbocycles. The number of benzene rings is 2. The summed E-state index contributed by atoms with van der Waals surface area (Å²) in [6.07, 6.45) is 5.22. The second kappa shape index (κ2) is 9.90. The number of alkyl halides is 3. The van der Waals surface area contributed by atoms with Crippen LogP contribution in [0.3, 0.4) is 0 Å². The lowest BCUT2D eigenvalue weighted by Crippen LogP contribution is -2.03. The minimum atomic E-state index is -4.36. The second-order valence-electron chi connectivity index (χ2n) is 7.69. The number of rotatable bonds is 8. The lowest BCUT2D eigenvalue weighted by Gasteiger charge is -2.05. The molecule has 0 saturated carbocycles. The van der Waals surface area contributed by atoms with E-state index in [1.165, 1.54) is 18.4 Å². The largest absolute Gasteiger partial charge is 0.487 e. The molecule has 0 unspecified atom stereocenters. The van der Waals surface area contributed by atoms with Gasteiger partial charge < -0.3 is 13.6 Å². The van der Waals surface area contributed by atoms with Crippen molar-refractivity contribution in [1.82, 2.24) is 25.0 Å². The molecule has 0 saturated heterocycles. The molecule has 0 fully saturated rings. The fraction of sp³-hybridized carbons (Fsp3) is 0.120. The fourth-order valence-electron chi connectivity index (χ4n) is 3.26. The maximum Gasteiger partial charge on any atom is 0.416 e. The average Bonchev–Trinajstić information content (AvgIpc) is 3.65. The smallest absolute Gasteiger partial charge is 0.416 e. The van der Waals surface area contributed by atoms with Crippen LogP contribution in [0.4, 0.5) is 13.2 Å². The topological polar surface area (TPSA) is 92.0 Å². The van der Waals surface area contributed by atoms with Gasteiger partial charge in [0.2, 0.25) is 11.8 Å². The summed E-state index contributed by atoms with van der Waals surface area (Å²) in [4.78, 5) is 8.76. The Morgan fingerprint density at radius 1 is 0.889 bits per heavy atom. The van der Waals surface area contributed by atoms with Crippen LogP contribution in [0.2, 0.25) is 0 Å². The van der Waals surface area contributed by atoms with Gasteiger partial charge in [-0.15, -0.1) is 5.10 Å². The number of oxazole rings is 2. The monoisotopic (exact) mass is 493 g/mol. The van der Waals surface area contributed by atoms with E-state index in [0.29, 0.717) is 35.3 Å². The molecule has 0 atom stereocenters. The third-order valence-corrected chi connectivity index (χ3v) is 5.06. The zero-order chi connectivity index (χ0) is 25.0. The van der Waals surface area contributed by atoms with Crippen molar-refractivity contribution in [2.45, 2.75) is 19.3 Å². The Hall–Kier alpha value is -4.67. The molecule has 8 nitrogen and oxygen atoms in total. The molecule has 0 radical (unpaired) electrons. The van der Waals surface area contributed by atoms with E-state index < -0.39 is 11.7 Å². The maximum atomic E-state index is 12.7. The van der Waals surface area contributed by atoms with Crippen LogP contribution < -0.4 is 4.74 Å². The van der Waals surface area contributed by atoms with E-state index in [1.807, 2.05) is 12.1 Å². The van der Waals surface area contributed by atoms with Crippen molar-refractivity contribution >= 4 is 12.2 Å². The molecule has 182 valence electrons. The molecule has 5 rings (SSSR count). The molecule has 3 aromatic heterocycles. The minimum Gasteiger partial charge on any atom is -0.487 e. The van der Waals surface area contributed by atoms with Gasteiger partial charge in [0.15, 0.2) is 0 Å². The predicted molar refractivity (Wildman–Crippen MR) is 122 cm³/mol. The van der Waals surface area contributed by atoms with Crippen LogP contribution in [0, 0.1) is 0 Å². The van der Waals surface area contributed by atoms with Gasteiger partial charge in [-0.05, 0) is 48.0 Å². The Bertz CT molecular complexity index is 1440. The number of aromatic nitrogens is 5. The third-order valence-electron chi connectivity index (χ3n) is 5.06. The normalized spacial score (nSPS) is 11.9. The Labute approximate surface area is 202 Å². The lowest BCUT2D eigenvalue weighted by molar-refractivity contribution is -0.137. The van der Waals surface area contributed by atoms with E-state index in [1.54, 1.807) is 47.6 Å². The molecule has 0 amide bonds. The first-order chi connectivity index (χ1) is 17.4. The van der Waals surface area contributed by atoms with Crippen LogP contribution in [-0.4, -0.2) is 25.0 Å². The summed E-state index contributed by atoms with van der Waals surface area (Å²) in [5.74, 6) is 1.42. The highest BCUT2D eigenvalue weighted by Gasteiger charge is 2.29. The first-order valence-corrected chi connectivity index (χ1v) is 10.7.